The van der Waals surface area contributed by atoms with E-state index in [4.69, 9.17) is 9.47 Å². The Kier molecular flexibility index (Phi) is 8.50. The molecule has 0 aliphatic rings. The molecule has 0 bridgehead atoms. The van der Waals surface area contributed by atoms with Crippen molar-refractivity contribution in [2.45, 2.75) is 59.5 Å². The summed E-state index contributed by atoms with van der Waals surface area (Å²) in [5, 5.41) is 3.50. The highest BCUT2D eigenvalue weighted by Gasteiger charge is 2.14. The summed E-state index contributed by atoms with van der Waals surface area (Å²) < 4.78 is 12.2. The third-order valence-corrected chi connectivity index (χ3v) is 4.76. The fourth-order valence-electron chi connectivity index (χ4n) is 2.85. The summed E-state index contributed by atoms with van der Waals surface area (Å²) in [6, 6.07) is 16.6. The lowest BCUT2D eigenvalue weighted by Gasteiger charge is -2.22. The number of rotatable bonds is 11. The molecule has 0 aliphatic heterocycles. The average Bonchev–Trinajstić information content (AvgIpc) is 2.69. The van der Waals surface area contributed by atoms with Gasteiger partial charge in [-0.2, -0.15) is 0 Å². The smallest absolute Gasteiger partial charge is 0.123 e. The fraction of sp³-hybridized carbons (Fsp3) is 0.500. The maximum absolute atomic E-state index is 6.35. The predicted octanol–water partition coefficient (Wildman–Crippen LogP) is 6.50. The average molecular weight is 370 g/mol. The zero-order valence-electron chi connectivity index (χ0n) is 17.5. The molecule has 2 aromatic rings. The molecular formula is C24H35NO2. The van der Waals surface area contributed by atoms with Gasteiger partial charge in [-0.05, 0) is 48.4 Å². The largest absolute Gasteiger partial charge is 0.493 e. The van der Waals surface area contributed by atoms with Gasteiger partial charge in [0.2, 0.25) is 0 Å². The Labute approximate surface area is 165 Å². The molecule has 0 unspecified atom stereocenters. The van der Waals surface area contributed by atoms with E-state index in [0.717, 1.165) is 43.2 Å². The van der Waals surface area contributed by atoms with E-state index in [1.165, 1.54) is 5.56 Å². The number of para-hydroxylation sites is 1. The monoisotopic (exact) mass is 369 g/mol. The third kappa shape index (κ3) is 6.82. The molecule has 0 heterocycles. The van der Waals surface area contributed by atoms with Crippen molar-refractivity contribution in [1.82, 2.24) is 0 Å². The zero-order chi connectivity index (χ0) is 19.6. The van der Waals surface area contributed by atoms with Crippen molar-refractivity contribution < 1.29 is 9.47 Å². The van der Waals surface area contributed by atoms with Crippen LogP contribution < -0.4 is 14.8 Å². The van der Waals surface area contributed by atoms with Crippen LogP contribution in [0.25, 0.3) is 0 Å². The van der Waals surface area contributed by atoms with Crippen LogP contribution in [0.5, 0.6) is 11.5 Å². The van der Waals surface area contributed by atoms with Crippen LogP contribution in [-0.2, 0) is 0 Å². The fourth-order valence-corrected chi connectivity index (χ4v) is 2.85. The van der Waals surface area contributed by atoms with Crippen molar-refractivity contribution >= 4 is 5.69 Å². The summed E-state index contributed by atoms with van der Waals surface area (Å²) in [4.78, 5) is 0. The molecule has 0 saturated heterocycles. The Morgan fingerprint density at radius 1 is 0.926 bits per heavy atom. The lowest BCUT2D eigenvalue weighted by molar-refractivity contribution is 0.207. The first-order chi connectivity index (χ1) is 13.0. The van der Waals surface area contributed by atoms with Gasteiger partial charge in [0.25, 0.3) is 0 Å². The molecule has 0 spiro atoms. The Hall–Kier alpha value is -2.16. The molecule has 1 N–H and O–H groups in total. The second-order valence-corrected chi connectivity index (χ2v) is 7.61. The van der Waals surface area contributed by atoms with Crippen molar-refractivity contribution in [2.24, 2.45) is 5.92 Å². The Balaban J connectivity index is 1.97. The number of benzene rings is 2. The van der Waals surface area contributed by atoms with E-state index in [2.05, 4.69) is 76.3 Å². The summed E-state index contributed by atoms with van der Waals surface area (Å²) in [5.41, 5.74) is 2.36. The zero-order valence-corrected chi connectivity index (χ0v) is 17.5. The molecule has 2 rings (SSSR count). The van der Waals surface area contributed by atoms with Gasteiger partial charge in [0.1, 0.15) is 17.6 Å². The molecule has 0 aliphatic carbocycles. The highest BCUT2D eigenvalue weighted by molar-refractivity contribution is 5.48. The Morgan fingerprint density at radius 3 is 2.41 bits per heavy atom. The van der Waals surface area contributed by atoms with Crippen molar-refractivity contribution in [3.05, 3.63) is 54.1 Å². The minimum atomic E-state index is 0.121. The second-order valence-electron chi connectivity index (χ2n) is 7.61. The van der Waals surface area contributed by atoms with Gasteiger partial charge in [-0.3, -0.25) is 0 Å². The normalized spacial score (nSPS) is 13.3. The van der Waals surface area contributed by atoms with Crippen LogP contribution in [0, 0.1) is 5.92 Å². The summed E-state index contributed by atoms with van der Waals surface area (Å²) in [6.45, 7) is 12.4. The standard InChI is InChI=1S/C24H35NO2/c1-6-19(5)23-13-8-9-14-24(23)27-21(7-2)16-25-20-11-10-12-22(15-20)26-17-18(3)4/h8-15,18-19,21,25H,6-7,16-17H2,1-5H3/t19-,21+/m0/s1. The predicted molar refractivity (Wildman–Crippen MR) is 115 cm³/mol. The number of hydrogen-bond acceptors (Lipinski definition) is 3. The van der Waals surface area contributed by atoms with Crippen molar-refractivity contribution in [1.29, 1.82) is 0 Å². The SMILES string of the molecule is CC[C@H](CNc1cccc(OCC(C)C)c1)Oc1ccccc1[C@@H](C)CC. The van der Waals surface area contributed by atoms with Gasteiger partial charge < -0.3 is 14.8 Å². The van der Waals surface area contributed by atoms with Gasteiger partial charge in [-0.25, -0.2) is 0 Å². The summed E-state index contributed by atoms with van der Waals surface area (Å²) in [6.07, 6.45) is 2.18. The summed E-state index contributed by atoms with van der Waals surface area (Å²) in [5.74, 6) is 2.94. The first-order valence-corrected chi connectivity index (χ1v) is 10.3. The van der Waals surface area contributed by atoms with Gasteiger partial charge in [-0.15, -0.1) is 0 Å². The highest BCUT2D eigenvalue weighted by atomic mass is 16.5. The van der Waals surface area contributed by atoms with E-state index in [-0.39, 0.29) is 6.10 Å². The Morgan fingerprint density at radius 2 is 1.70 bits per heavy atom. The van der Waals surface area contributed by atoms with E-state index in [1.54, 1.807) is 0 Å². The first kappa shape index (κ1) is 21.1. The van der Waals surface area contributed by atoms with Crippen LogP contribution in [-0.4, -0.2) is 19.3 Å². The van der Waals surface area contributed by atoms with E-state index < -0.39 is 0 Å². The lowest BCUT2D eigenvalue weighted by atomic mass is 9.98. The molecular weight excluding hydrogens is 334 g/mol. The van der Waals surface area contributed by atoms with Crippen LogP contribution in [0.3, 0.4) is 0 Å². The van der Waals surface area contributed by atoms with Crippen molar-refractivity contribution in [3.63, 3.8) is 0 Å². The molecule has 148 valence electrons. The molecule has 27 heavy (non-hydrogen) atoms. The molecule has 0 radical (unpaired) electrons. The van der Waals surface area contributed by atoms with Gasteiger partial charge in [0.05, 0.1) is 13.2 Å². The van der Waals surface area contributed by atoms with Crippen LogP contribution >= 0.6 is 0 Å². The van der Waals surface area contributed by atoms with Crippen LogP contribution in [0.1, 0.15) is 58.9 Å². The van der Waals surface area contributed by atoms with Gasteiger partial charge >= 0.3 is 0 Å². The topological polar surface area (TPSA) is 30.5 Å². The molecule has 3 nitrogen and oxygen atoms in total. The van der Waals surface area contributed by atoms with Crippen molar-refractivity contribution in [2.75, 3.05) is 18.5 Å². The maximum atomic E-state index is 6.35. The van der Waals surface area contributed by atoms with Gasteiger partial charge in [0, 0.05) is 11.8 Å². The molecule has 0 saturated carbocycles. The number of anilines is 1. The van der Waals surface area contributed by atoms with Gasteiger partial charge in [-0.1, -0.05) is 58.9 Å². The van der Waals surface area contributed by atoms with E-state index in [1.807, 2.05) is 12.1 Å². The number of hydrogen-bond donors (Lipinski definition) is 1. The van der Waals surface area contributed by atoms with E-state index in [0.29, 0.717) is 11.8 Å². The summed E-state index contributed by atoms with van der Waals surface area (Å²) in [7, 11) is 0. The number of ether oxygens (including phenoxy) is 2. The van der Waals surface area contributed by atoms with Crippen LogP contribution in [0.2, 0.25) is 0 Å². The maximum Gasteiger partial charge on any atom is 0.123 e. The molecule has 0 amide bonds. The van der Waals surface area contributed by atoms with Crippen molar-refractivity contribution in [3.8, 4) is 11.5 Å². The Bertz CT molecular complexity index is 684. The molecule has 0 aromatic heterocycles. The van der Waals surface area contributed by atoms with Crippen LogP contribution in [0.4, 0.5) is 5.69 Å². The minimum Gasteiger partial charge on any atom is -0.493 e. The quantitative estimate of drug-likeness (QED) is 0.490. The van der Waals surface area contributed by atoms with E-state index >= 15 is 0 Å². The first-order valence-electron chi connectivity index (χ1n) is 10.3. The molecule has 3 heteroatoms. The second kappa shape index (κ2) is 10.9. The molecule has 2 atom stereocenters. The number of nitrogens with one attached hydrogen (secondary N) is 1. The summed E-state index contributed by atoms with van der Waals surface area (Å²) >= 11 is 0. The lowest BCUT2D eigenvalue weighted by Crippen LogP contribution is -2.26. The third-order valence-electron chi connectivity index (χ3n) is 4.76. The molecule has 2 aromatic carbocycles. The minimum absolute atomic E-state index is 0.121. The van der Waals surface area contributed by atoms with E-state index in [9.17, 15) is 0 Å². The van der Waals surface area contributed by atoms with Gasteiger partial charge in [0.15, 0.2) is 0 Å². The highest BCUT2D eigenvalue weighted by Crippen LogP contribution is 2.29. The molecule has 0 fully saturated rings. The van der Waals surface area contributed by atoms with Crippen LogP contribution in [0.15, 0.2) is 48.5 Å².